The number of hydrogen-bond donors (Lipinski definition) is 1. The third kappa shape index (κ3) is 3.35. The number of nitrogens with one attached hydrogen (secondary N) is 1. The molecule has 0 spiro atoms. The summed E-state index contributed by atoms with van der Waals surface area (Å²) < 4.78 is 0. The second kappa shape index (κ2) is 7.07. The van der Waals surface area contributed by atoms with Crippen molar-refractivity contribution in [2.45, 2.75) is 20.3 Å². The van der Waals surface area contributed by atoms with E-state index in [9.17, 15) is 9.59 Å². The maximum absolute atomic E-state index is 11.9. The van der Waals surface area contributed by atoms with Gasteiger partial charge in [-0.3, -0.25) is 19.5 Å². The van der Waals surface area contributed by atoms with Crippen molar-refractivity contribution >= 4 is 23.6 Å². The second-order valence-electron chi connectivity index (χ2n) is 6.82. The molecule has 0 aromatic heterocycles. The largest absolute Gasteiger partial charge is 0.378 e. The van der Waals surface area contributed by atoms with E-state index >= 15 is 0 Å². The summed E-state index contributed by atoms with van der Waals surface area (Å²) in [4.78, 5) is 27.3. The minimum Gasteiger partial charge on any atom is -0.378 e. The molecule has 1 amide bonds. The number of allylic oxidation sites excluding steroid dienone is 3. The van der Waals surface area contributed by atoms with Gasteiger partial charge in [0.25, 0.3) is 0 Å². The van der Waals surface area contributed by atoms with Gasteiger partial charge < -0.3 is 10.3 Å². The molecular weight excluding hydrogens is 328 g/mol. The molecule has 6 heteroatoms. The molecule has 0 unspecified atom stereocenters. The van der Waals surface area contributed by atoms with Gasteiger partial charge in [0.15, 0.2) is 5.78 Å². The molecule has 1 N–H and O–H groups in total. The molecule has 6 nitrogen and oxygen atoms in total. The van der Waals surface area contributed by atoms with Crippen molar-refractivity contribution in [1.82, 2.24) is 10.4 Å². The van der Waals surface area contributed by atoms with Crippen molar-refractivity contribution in [2.75, 3.05) is 30.4 Å². The number of nitrogens with zero attached hydrogens (tertiary/aromatic N) is 3. The molecule has 26 heavy (non-hydrogen) atoms. The van der Waals surface area contributed by atoms with Gasteiger partial charge in [0.05, 0.1) is 17.9 Å². The van der Waals surface area contributed by atoms with Crippen LogP contribution in [0.1, 0.15) is 20.3 Å². The molecule has 3 rings (SSSR count). The topological polar surface area (TPSA) is 55.9 Å². The Labute approximate surface area is 154 Å². The van der Waals surface area contributed by atoms with Crippen LogP contribution in [0, 0.1) is 0 Å². The Kier molecular flexibility index (Phi) is 4.84. The predicted octanol–water partition coefficient (Wildman–Crippen LogP) is 2.57. The quantitative estimate of drug-likeness (QED) is 0.826. The highest BCUT2D eigenvalue weighted by molar-refractivity contribution is 5.94. The standard InChI is InChI=1S/C20H24N4O2/c1-14-9-19(26)10-20(15(14)2)24-12-18(11-21-24)23(13-25)17-7-5-16(6-8-17)22(3)4/h5-8,10-11,13,21H,9,12H2,1-4H3. The third-order valence-corrected chi connectivity index (χ3v) is 4.82. The Bertz CT molecular complexity index is 819. The number of anilines is 2. The van der Waals surface area contributed by atoms with Crippen LogP contribution in [0.2, 0.25) is 0 Å². The summed E-state index contributed by atoms with van der Waals surface area (Å²) >= 11 is 0. The smallest absolute Gasteiger partial charge is 0.218 e. The van der Waals surface area contributed by atoms with Crippen LogP contribution in [-0.2, 0) is 9.59 Å². The van der Waals surface area contributed by atoms with Crippen LogP contribution >= 0.6 is 0 Å². The molecule has 2 aliphatic rings. The van der Waals surface area contributed by atoms with E-state index in [1.54, 1.807) is 17.2 Å². The fraction of sp³-hybridized carbons (Fsp3) is 0.300. The Morgan fingerprint density at radius 1 is 1.12 bits per heavy atom. The molecule has 0 atom stereocenters. The van der Waals surface area contributed by atoms with E-state index in [1.807, 2.05) is 62.1 Å². The van der Waals surface area contributed by atoms with Gasteiger partial charge in [-0.1, -0.05) is 5.57 Å². The molecule has 0 fully saturated rings. The van der Waals surface area contributed by atoms with Gasteiger partial charge in [-0.05, 0) is 43.7 Å². The first-order valence-corrected chi connectivity index (χ1v) is 8.56. The van der Waals surface area contributed by atoms with Crippen LogP contribution in [0.15, 0.2) is 59.1 Å². The van der Waals surface area contributed by atoms with E-state index in [0.29, 0.717) is 13.0 Å². The average Bonchev–Trinajstić information content (AvgIpc) is 3.08. The third-order valence-electron chi connectivity index (χ3n) is 4.82. The minimum atomic E-state index is 0.102. The van der Waals surface area contributed by atoms with E-state index in [2.05, 4.69) is 5.43 Å². The van der Waals surface area contributed by atoms with Gasteiger partial charge in [-0.25, -0.2) is 0 Å². The SMILES string of the molecule is CC1=C(C)C(N2CC(N(C=O)c3ccc(N(C)C)cc3)=CN2)=CC(=O)C1. The lowest BCUT2D eigenvalue weighted by molar-refractivity contribution is -0.114. The summed E-state index contributed by atoms with van der Waals surface area (Å²) in [6.07, 6.45) is 4.76. The molecule has 0 radical (unpaired) electrons. The van der Waals surface area contributed by atoms with Gasteiger partial charge in [0, 0.05) is 44.2 Å². The number of benzene rings is 1. The number of carbonyl (C=O) groups excluding carboxylic acids is 2. The van der Waals surface area contributed by atoms with Crippen LogP contribution in [-0.4, -0.2) is 37.8 Å². The molecular formula is C20H24N4O2. The van der Waals surface area contributed by atoms with Crippen molar-refractivity contribution < 1.29 is 9.59 Å². The lowest BCUT2D eigenvalue weighted by Crippen LogP contribution is -2.33. The summed E-state index contributed by atoms with van der Waals surface area (Å²) in [6.45, 7) is 4.50. The highest BCUT2D eigenvalue weighted by Crippen LogP contribution is 2.29. The first-order chi connectivity index (χ1) is 12.4. The Hall–Kier alpha value is -3.02. The maximum Gasteiger partial charge on any atom is 0.218 e. The zero-order chi connectivity index (χ0) is 18.8. The van der Waals surface area contributed by atoms with Crippen molar-refractivity contribution in [2.24, 2.45) is 0 Å². The Morgan fingerprint density at radius 3 is 2.38 bits per heavy atom. The molecule has 136 valence electrons. The van der Waals surface area contributed by atoms with Gasteiger partial charge in [0.1, 0.15) is 0 Å². The lowest BCUT2D eigenvalue weighted by atomic mass is 9.96. The fourth-order valence-electron chi connectivity index (χ4n) is 3.12. The molecule has 0 saturated heterocycles. The monoisotopic (exact) mass is 352 g/mol. The number of ketones is 1. The van der Waals surface area contributed by atoms with E-state index in [4.69, 9.17) is 0 Å². The fourth-order valence-corrected chi connectivity index (χ4v) is 3.12. The molecule has 0 saturated carbocycles. The molecule has 1 aromatic carbocycles. The van der Waals surface area contributed by atoms with Crippen molar-refractivity contribution in [1.29, 1.82) is 0 Å². The minimum absolute atomic E-state index is 0.102. The number of hydrazine groups is 1. The van der Waals surface area contributed by atoms with E-state index in [0.717, 1.165) is 40.3 Å². The van der Waals surface area contributed by atoms with Crippen LogP contribution in [0.3, 0.4) is 0 Å². The number of rotatable bonds is 5. The van der Waals surface area contributed by atoms with Crippen molar-refractivity contribution in [3.05, 3.63) is 59.1 Å². The normalized spacial score (nSPS) is 16.9. The van der Waals surface area contributed by atoms with Crippen LogP contribution in [0.5, 0.6) is 0 Å². The molecule has 1 heterocycles. The Morgan fingerprint density at radius 2 is 1.77 bits per heavy atom. The second-order valence-corrected chi connectivity index (χ2v) is 6.82. The molecule has 1 aromatic rings. The van der Waals surface area contributed by atoms with Crippen molar-refractivity contribution in [3.8, 4) is 0 Å². The lowest BCUT2D eigenvalue weighted by Gasteiger charge is -2.27. The summed E-state index contributed by atoms with van der Waals surface area (Å²) in [5.41, 5.74) is 8.90. The van der Waals surface area contributed by atoms with E-state index in [1.165, 1.54) is 0 Å². The first-order valence-electron chi connectivity index (χ1n) is 8.56. The number of amides is 1. The molecule has 1 aliphatic carbocycles. The van der Waals surface area contributed by atoms with E-state index < -0.39 is 0 Å². The summed E-state index contributed by atoms with van der Waals surface area (Å²) in [5, 5.41) is 1.90. The summed E-state index contributed by atoms with van der Waals surface area (Å²) in [7, 11) is 3.95. The van der Waals surface area contributed by atoms with Crippen molar-refractivity contribution in [3.63, 3.8) is 0 Å². The van der Waals surface area contributed by atoms with Gasteiger partial charge >= 0.3 is 0 Å². The predicted molar refractivity (Wildman–Crippen MR) is 103 cm³/mol. The van der Waals surface area contributed by atoms with Gasteiger partial charge in [-0.15, -0.1) is 0 Å². The number of hydrogen-bond acceptors (Lipinski definition) is 5. The highest BCUT2D eigenvalue weighted by atomic mass is 16.1. The van der Waals surface area contributed by atoms with E-state index in [-0.39, 0.29) is 5.78 Å². The van der Waals surface area contributed by atoms with Crippen LogP contribution < -0.4 is 15.2 Å². The van der Waals surface area contributed by atoms with Gasteiger partial charge in [0.2, 0.25) is 6.41 Å². The van der Waals surface area contributed by atoms with Gasteiger partial charge in [-0.2, -0.15) is 0 Å². The highest BCUT2D eigenvalue weighted by Gasteiger charge is 2.25. The average molecular weight is 352 g/mol. The summed E-state index contributed by atoms with van der Waals surface area (Å²) in [6, 6.07) is 7.80. The molecule has 0 bridgehead atoms. The maximum atomic E-state index is 11.9. The van der Waals surface area contributed by atoms with Crippen LogP contribution in [0.25, 0.3) is 0 Å². The number of carbonyl (C=O) groups is 2. The molecule has 1 aliphatic heterocycles. The first kappa shape index (κ1) is 17.8. The summed E-state index contributed by atoms with van der Waals surface area (Å²) in [5.74, 6) is 0.102. The zero-order valence-electron chi connectivity index (χ0n) is 15.6. The zero-order valence-corrected chi connectivity index (χ0v) is 15.6. The van der Waals surface area contributed by atoms with Crippen LogP contribution in [0.4, 0.5) is 11.4 Å². The Balaban J connectivity index is 1.78.